The van der Waals surface area contributed by atoms with Crippen molar-refractivity contribution >= 4 is 39.7 Å². The highest BCUT2D eigenvalue weighted by atomic mass is 35.5. The van der Waals surface area contributed by atoms with Gasteiger partial charge in [-0.15, -0.1) is 11.3 Å². The molecule has 1 fully saturated rings. The summed E-state index contributed by atoms with van der Waals surface area (Å²) in [7, 11) is 0. The van der Waals surface area contributed by atoms with Crippen molar-refractivity contribution in [2.45, 2.75) is 25.8 Å². The van der Waals surface area contributed by atoms with Gasteiger partial charge in [0.05, 0.1) is 10.0 Å². The number of thiazole rings is 1. The first kappa shape index (κ1) is 13.3. The molecule has 0 amide bonds. The predicted octanol–water partition coefficient (Wildman–Crippen LogP) is 4.40. The van der Waals surface area contributed by atoms with Gasteiger partial charge in [0.25, 0.3) is 0 Å². The molecule has 3 nitrogen and oxygen atoms in total. The third-order valence-electron chi connectivity index (χ3n) is 3.71. The summed E-state index contributed by atoms with van der Waals surface area (Å²) < 4.78 is 2.23. The summed E-state index contributed by atoms with van der Waals surface area (Å²) in [5, 5.41) is 4.49. The second kappa shape index (κ2) is 5.35. The number of rotatable bonds is 2. The molecule has 0 aromatic carbocycles. The number of nitrogens with zero attached hydrogens (tertiary/aromatic N) is 3. The number of anilines is 1. The molecule has 2 aromatic rings. The zero-order valence-electron chi connectivity index (χ0n) is 10.6. The number of hydrogen-bond acceptors (Lipinski definition) is 3. The topological polar surface area (TPSA) is 21.1 Å². The van der Waals surface area contributed by atoms with E-state index in [2.05, 4.69) is 14.5 Å². The van der Waals surface area contributed by atoms with Crippen molar-refractivity contribution in [3.63, 3.8) is 0 Å². The third-order valence-corrected chi connectivity index (χ3v) is 5.41. The van der Waals surface area contributed by atoms with Crippen LogP contribution < -0.4 is 4.90 Å². The van der Waals surface area contributed by atoms with Gasteiger partial charge in [-0.1, -0.05) is 23.2 Å². The zero-order chi connectivity index (χ0) is 13.4. The van der Waals surface area contributed by atoms with Crippen molar-refractivity contribution in [3.05, 3.63) is 33.5 Å². The van der Waals surface area contributed by atoms with E-state index in [1.807, 2.05) is 24.7 Å². The van der Waals surface area contributed by atoms with Crippen molar-refractivity contribution in [3.8, 4) is 0 Å². The first-order valence-corrected chi connectivity index (χ1v) is 7.97. The van der Waals surface area contributed by atoms with Gasteiger partial charge in [0.2, 0.25) is 0 Å². The maximum Gasteiger partial charge on any atom is 0.185 e. The molecule has 1 aliphatic rings. The Hall–Kier alpha value is -0.710. The summed E-state index contributed by atoms with van der Waals surface area (Å²) in [6, 6.07) is 0.487. The van der Waals surface area contributed by atoms with Crippen molar-refractivity contribution in [1.82, 2.24) is 9.55 Å². The maximum atomic E-state index is 6.16. The largest absolute Gasteiger partial charge is 0.348 e. The number of piperidine rings is 1. The highest BCUT2D eigenvalue weighted by Crippen LogP contribution is 2.34. The van der Waals surface area contributed by atoms with Crippen LogP contribution in [0.25, 0.3) is 0 Å². The van der Waals surface area contributed by atoms with Crippen LogP contribution in [-0.2, 0) is 0 Å². The molecular formula is C13H15Cl2N3S. The molecule has 0 spiro atoms. The average Bonchev–Trinajstić information content (AvgIpc) is 3.04. The Morgan fingerprint density at radius 2 is 2.05 bits per heavy atom. The summed E-state index contributed by atoms with van der Waals surface area (Å²) in [6.07, 6.45) is 6.02. The Balaban J connectivity index is 1.71. The molecule has 2 aromatic heterocycles. The molecule has 0 bridgehead atoms. The molecule has 3 rings (SSSR count). The van der Waals surface area contributed by atoms with E-state index in [-0.39, 0.29) is 0 Å². The molecule has 19 heavy (non-hydrogen) atoms. The van der Waals surface area contributed by atoms with Gasteiger partial charge in [-0.3, -0.25) is 0 Å². The van der Waals surface area contributed by atoms with Gasteiger partial charge in [0.15, 0.2) is 5.13 Å². The van der Waals surface area contributed by atoms with Crippen LogP contribution in [0.4, 0.5) is 5.13 Å². The molecule has 0 atom stereocenters. The summed E-state index contributed by atoms with van der Waals surface area (Å²) >= 11 is 14.0. The van der Waals surface area contributed by atoms with Gasteiger partial charge < -0.3 is 9.47 Å². The van der Waals surface area contributed by atoms with E-state index in [0.717, 1.165) is 36.8 Å². The summed E-state index contributed by atoms with van der Waals surface area (Å²) in [4.78, 5) is 6.72. The molecule has 0 saturated carbocycles. The van der Waals surface area contributed by atoms with E-state index in [1.54, 1.807) is 11.3 Å². The van der Waals surface area contributed by atoms with Crippen LogP contribution in [0.1, 0.15) is 24.6 Å². The Labute approximate surface area is 126 Å². The SMILES string of the molecule is Cc1c(Cl)c(Cl)cn1C1CCN(c2nccs2)CC1. The molecular weight excluding hydrogens is 301 g/mol. The lowest BCUT2D eigenvalue weighted by molar-refractivity contribution is 0.392. The molecule has 0 N–H and O–H groups in total. The van der Waals surface area contributed by atoms with E-state index in [4.69, 9.17) is 23.2 Å². The fourth-order valence-electron chi connectivity index (χ4n) is 2.65. The first-order chi connectivity index (χ1) is 9.16. The van der Waals surface area contributed by atoms with Crippen LogP contribution in [0, 0.1) is 6.92 Å². The molecule has 1 aliphatic heterocycles. The predicted molar refractivity (Wildman–Crippen MR) is 81.8 cm³/mol. The number of halogens is 2. The molecule has 0 aliphatic carbocycles. The Morgan fingerprint density at radius 1 is 1.32 bits per heavy atom. The Kier molecular flexibility index (Phi) is 3.74. The molecule has 3 heterocycles. The van der Waals surface area contributed by atoms with E-state index < -0.39 is 0 Å². The summed E-state index contributed by atoms with van der Waals surface area (Å²) in [5.74, 6) is 0. The van der Waals surface area contributed by atoms with Gasteiger partial charge in [-0.2, -0.15) is 0 Å². The van der Waals surface area contributed by atoms with Crippen LogP contribution in [0.2, 0.25) is 10.0 Å². The smallest absolute Gasteiger partial charge is 0.185 e. The van der Waals surface area contributed by atoms with Crippen LogP contribution in [0.5, 0.6) is 0 Å². The van der Waals surface area contributed by atoms with Crippen molar-refractivity contribution in [2.24, 2.45) is 0 Å². The molecule has 6 heteroatoms. The van der Waals surface area contributed by atoms with Crippen LogP contribution in [0.15, 0.2) is 17.8 Å². The maximum absolute atomic E-state index is 6.16. The zero-order valence-corrected chi connectivity index (χ0v) is 13.0. The number of hydrogen-bond donors (Lipinski definition) is 0. The van der Waals surface area contributed by atoms with Crippen molar-refractivity contribution in [1.29, 1.82) is 0 Å². The standard InChI is InChI=1S/C13H15Cl2N3S/c1-9-12(15)11(14)8-18(9)10-2-5-17(6-3-10)13-16-4-7-19-13/h4,7-8,10H,2-3,5-6H2,1H3. The normalized spacial score (nSPS) is 17.1. The van der Waals surface area contributed by atoms with Crippen molar-refractivity contribution < 1.29 is 0 Å². The summed E-state index contributed by atoms with van der Waals surface area (Å²) in [5.41, 5.74) is 1.07. The van der Waals surface area contributed by atoms with Gasteiger partial charge in [-0.25, -0.2) is 4.98 Å². The quantitative estimate of drug-likeness (QED) is 0.819. The van der Waals surface area contributed by atoms with Gasteiger partial charge in [0.1, 0.15) is 0 Å². The third kappa shape index (κ3) is 2.49. The lowest BCUT2D eigenvalue weighted by atomic mass is 10.1. The molecule has 0 radical (unpaired) electrons. The van der Waals surface area contributed by atoms with Crippen LogP contribution in [0.3, 0.4) is 0 Å². The van der Waals surface area contributed by atoms with Crippen LogP contribution in [-0.4, -0.2) is 22.6 Å². The van der Waals surface area contributed by atoms with Crippen LogP contribution >= 0.6 is 34.5 Å². The molecule has 102 valence electrons. The van der Waals surface area contributed by atoms with E-state index in [1.165, 1.54) is 0 Å². The fourth-order valence-corrected chi connectivity index (χ4v) is 3.73. The monoisotopic (exact) mass is 315 g/mol. The highest BCUT2D eigenvalue weighted by molar-refractivity contribution is 7.13. The second-order valence-electron chi connectivity index (χ2n) is 4.82. The lowest BCUT2D eigenvalue weighted by Gasteiger charge is -2.33. The van der Waals surface area contributed by atoms with E-state index in [0.29, 0.717) is 16.1 Å². The highest BCUT2D eigenvalue weighted by Gasteiger charge is 2.24. The van der Waals surface area contributed by atoms with Gasteiger partial charge >= 0.3 is 0 Å². The minimum absolute atomic E-state index is 0.487. The van der Waals surface area contributed by atoms with Crippen molar-refractivity contribution in [2.75, 3.05) is 18.0 Å². The minimum atomic E-state index is 0.487. The van der Waals surface area contributed by atoms with E-state index in [9.17, 15) is 0 Å². The summed E-state index contributed by atoms with van der Waals surface area (Å²) in [6.45, 7) is 4.09. The van der Waals surface area contributed by atoms with Gasteiger partial charge in [-0.05, 0) is 19.8 Å². The number of aromatic nitrogens is 2. The van der Waals surface area contributed by atoms with E-state index >= 15 is 0 Å². The Bertz CT molecular complexity index is 557. The first-order valence-electron chi connectivity index (χ1n) is 6.33. The molecule has 0 unspecified atom stereocenters. The van der Waals surface area contributed by atoms with Gasteiger partial charge in [0, 0.05) is 42.6 Å². The second-order valence-corrected chi connectivity index (χ2v) is 6.47. The lowest BCUT2D eigenvalue weighted by Crippen LogP contribution is -2.34. The minimum Gasteiger partial charge on any atom is -0.348 e. The fraction of sp³-hybridized carbons (Fsp3) is 0.462. The average molecular weight is 316 g/mol. The molecule has 1 saturated heterocycles. The Morgan fingerprint density at radius 3 is 2.58 bits per heavy atom.